The number of carbonyl (C=O) groups is 2. The maximum Gasteiger partial charge on any atom is 0.288 e. The number of nitrogens with one attached hydrogen (secondary N) is 1. The molecular weight excluding hydrogens is 310 g/mol. The van der Waals surface area contributed by atoms with E-state index in [0.717, 1.165) is 6.42 Å². The number of thioether (sulfide) groups is 1. The number of carbonyl (C=O) groups excluding carboxylic acids is 2. The number of para-hydroxylation sites is 1. The average Bonchev–Trinajstić information content (AvgIpc) is 2.49. The molecule has 0 saturated carbocycles. The SMILES string of the molecule is CC(=O)N1CCC[C@@H](C(=O)Nc2ccccc2SC(F)F)C1. The van der Waals surface area contributed by atoms with Crippen LogP contribution >= 0.6 is 11.8 Å². The maximum absolute atomic E-state index is 12.5. The van der Waals surface area contributed by atoms with Crippen molar-refractivity contribution in [1.82, 2.24) is 4.90 Å². The summed E-state index contributed by atoms with van der Waals surface area (Å²) in [5, 5.41) is 2.71. The van der Waals surface area contributed by atoms with Crippen molar-refractivity contribution in [3.8, 4) is 0 Å². The second-order valence-electron chi connectivity index (χ2n) is 5.17. The third-order valence-corrected chi connectivity index (χ3v) is 4.39. The van der Waals surface area contributed by atoms with Crippen LogP contribution in [0.2, 0.25) is 0 Å². The molecule has 1 N–H and O–H groups in total. The first-order chi connectivity index (χ1) is 10.5. The number of rotatable bonds is 4. The topological polar surface area (TPSA) is 49.4 Å². The number of alkyl halides is 2. The number of benzene rings is 1. The minimum Gasteiger partial charge on any atom is -0.342 e. The van der Waals surface area contributed by atoms with Gasteiger partial charge in [0.05, 0.1) is 11.6 Å². The Balaban J connectivity index is 2.04. The lowest BCUT2D eigenvalue weighted by molar-refractivity contribution is -0.132. The van der Waals surface area contributed by atoms with Gasteiger partial charge in [0.15, 0.2) is 0 Å². The summed E-state index contributed by atoms with van der Waals surface area (Å²) in [6, 6.07) is 6.50. The zero-order valence-electron chi connectivity index (χ0n) is 12.2. The molecular formula is C15H18F2N2O2S. The summed E-state index contributed by atoms with van der Waals surface area (Å²) in [7, 11) is 0. The Kier molecular flexibility index (Phi) is 5.76. The van der Waals surface area contributed by atoms with Crippen molar-refractivity contribution < 1.29 is 18.4 Å². The molecule has 2 amide bonds. The van der Waals surface area contributed by atoms with Crippen LogP contribution in [0, 0.1) is 5.92 Å². The molecule has 4 nitrogen and oxygen atoms in total. The van der Waals surface area contributed by atoms with E-state index in [1.54, 1.807) is 29.2 Å². The monoisotopic (exact) mass is 328 g/mol. The van der Waals surface area contributed by atoms with Crippen molar-refractivity contribution >= 4 is 29.3 Å². The van der Waals surface area contributed by atoms with Crippen LogP contribution in [0.3, 0.4) is 0 Å². The van der Waals surface area contributed by atoms with Crippen molar-refractivity contribution in [2.45, 2.75) is 30.4 Å². The van der Waals surface area contributed by atoms with Crippen molar-refractivity contribution in [3.63, 3.8) is 0 Å². The van der Waals surface area contributed by atoms with Gasteiger partial charge in [0.25, 0.3) is 5.76 Å². The van der Waals surface area contributed by atoms with E-state index < -0.39 is 5.76 Å². The lowest BCUT2D eigenvalue weighted by atomic mass is 9.97. The summed E-state index contributed by atoms with van der Waals surface area (Å²) in [5.74, 6) is -3.12. The molecule has 7 heteroatoms. The number of amides is 2. The van der Waals surface area contributed by atoms with Crippen LogP contribution in [-0.2, 0) is 9.59 Å². The van der Waals surface area contributed by atoms with Crippen molar-refractivity contribution in [2.24, 2.45) is 5.92 Å². The van der Waals surface area contributed by atoms with Gasteiger partial charge in [-0.2, -0.15) is 8.78 Å². The average molecular weight is 328 g/mol. The molecule has 1 aliphatic heterocycles. The van der Waals surface area contributed by atoms with Crippen LogP contribution < -0.4 is 5.32 Å². The minimum atomic E-state index is -2.54. The first-order valence-electron chi connectivity index (χ1n) is 7.07. The molecule has 22 heavy (non-hydrogen) atoms. The Morgan fingerprint density at radius 2 is 2.09 bits per heavy atom. The maximum atomic E-state index is 12.5. The third kappa shape index (κ3) is 4.43. The van der Waals surface area contributed by atoms with E-state index in [4.69, 9.17) is 0 Å². The molecule has 120 valence electrons. The fraction of sp³-hybridized carbons (Fsp3) is 0.467. The minimum absolute atomic E-state index is 0.0499. The number of nitrogens with zero attached hydrogens (tertiary/aromatic N) is 1. The quantitative estimate of drug-likeness (QED) is 0.864. The van der Waals surface area contributed by atoms with Crippen molar-refractivity contribution in [3.05, 3.63) is 24.3 Å². The molecule has 1 saturated heterocycles. The Morgan fingerprint density at radius 3 is 2.77 bits per heavy atom. The molecule has 1 atom stereocenters. The summed E-state index contributed by atoms with van der Waals surface area (Å²) in [6.07, 6.45) is 1.46. The number of likely N-dealkylation sites (tertiary alicyclic amines) is 1. The van der Waals surface area contributed by atoms with Crippen LogP contribution in [0.4, 0.5) is 14.5 Å². The summed E-state index contributed by atoms with van der Waals surface area (Å²) in [5.41, 5.74) is 0.387. The van der Waals surface area contributed by atoms with Gasteiger partial charge >= 0.3 is 0 Å². The Labute approximate surface area is 132 Å². The molecule has 1 aliphatic rings. The van der Waals surface area contributed by atoms with E-state index in [1.807, 2.05) is 0 Å². The predicted molar refractivity (Wildman–Crippen MR) is 81.9 cm³/mol. The van der Waals surface area contributed by atoms with E-state index in [2.05, 4.69) is 5.32 Å². The van der Waals surface area contributed by atoms with Crippen molar-refractivity contribution in [2.75, 3.05) is 18.4 Å². The molecule has 1 aromatic rings. The van der Waals surface area contributed by atoms with Gasteiger partial charge in [0.1, 0.15) is 0 Å². The van der Waals surface area contributed by atoms with Gasteiger partial charge in [-0.25, -0.2) is 0 Å². The van der Waals surface area contributed by atoms with Crippen LogP contribution in [0.15, 0.2) is 29.2 Å². The molecule has 1 aromatic carbocycles. The highest BCUT2D eigenvalue weighted by Crippen LogP contribution is 2.32. The first kappa shape index (κ1) is 16.7. The smallest absolute Gasteiger partial charge is 0.288 e. The van der Waals surface area contributed by atoms with Crippen molar-refractivity contribution in [1.29, 1.82) is 0 Å². The summed E-state index contributed by atoms with van der Waals surface area (Å²) in [6.45, 7) is 2.52. The van der Waals surface area contributed by atoms with Crippen LogP contribution in [0.25, 0.3) is 0 Å². The standard InChI is InChI=1S/C15H18F2N2O2S/c1-10(20)19-8-4-5-11(9-19)14(21)18-12-6-2-3-7-13(12)22-15(16)17/h2-3,6-7,11,15H,4-5,8-9H2,1H3,(H,18,21)/t11-/m1/s1. The predicted octanol–water partition coefficient (Wildman–Crippen LogP) is 3.20. The van der Waals surface area contributed by atoms with E-state index >= 15 is 0 Å². The van der Waals surface area contributed by atoms with Gasteiger partial charge in [-0.1, -0.05) is 23.9 Å². The lowest BCUT2D eigenvalue weighted by Crippen LogP contribution is -2.42. The summed E-state index contributed by atoms with van der Waals surface area (Å²) < 4.78 is 25.1. The lowest BCUT2D eigenvalue weighted by Gasteiger charge is -2.31. The number of hydrogen-bond donors (Lipinski definition) is 1. The first-order valence-corrected chi connectivity index (χ1v) is 7.95. The highest BCUT2D eigenvalue weighted by atomic mass is 32.2. The van der Waals surface area contributed by atoms with Gasteiger partial charge in [-0.3, -0.25) is 9.59 Å². The van der Waals surface area contributed by atoms with E-state index in [1.165, 1.54) is 6.92 Å². The molecule has 0 aliphatic carbocycles. The van der Waals surface area contributed by atoms with E-state index in [-0.39, 0.29) is 17.7 Å². The normalized spacial score (nSPS) is 18.4. The van der Waals surface area contributed by atoms with Gasteiger partial charge in [0.2, 0.25) is 11.8 Å². The fourth-order valence-corrected chi connectivity index (χ4v) is 3.08. The molecule has 0 aromatic heterocycles. The highest BCUT2D eigenvalue weighted by molar-refractivity contribution is 7.99. The van der Waals surface area contributed by atoms with E-state index in [0.29, 0.717) is 41.9 Å². The number of halogens is 2. The van der Waals surface area contributed by atoms with Crippen LogP contribution in [0.1, 0.15) is 19.8 Å². The molecule has 0 unspecified atom stereocenters. The number of hydrogen-bond acceptors (Lipinski definition) is 3. The van der Waals surface area contributed by atoms with Crippen LogP contribution in [-0.4, -0.2) is 35.6 Å². The van der Waals surface area contributed by atoms with Gasteiger partial charge in [-0.15, -0.1) is 0 Å². The van der Waals surface area contributed by atoms with Gasteiger partial charge in [-0.05, 0) is 25.0 Å². The number of anilines is 1. The van der Waals surface area contributed by atoms with Gasteiger partial charge < -0.3 is 10.2 Å². The zero-order valence-corrected chi connectivity index (χ0v) is 13.0. The fourth-order valence-electron chi connectivity index (χ4n) is 2.48. The number of piperidine rings is 1. The zero-order chi connectivity index (χ0) is 16.1. The summed E-state index contributed by atoms with van der Waals surface area (Å²) in [4.78, 5) is 25.7. The molecule has 0 bridgehead atoms. The third-order valence-electron chi connectivity index (χ3n) is 3.60. The molecule has 1 heterocycles. The summed E-state index contributed by atoms with van der Waals surface area (Å²) >= 11 is 0.407. The van der Waals surface area contributed by atoms with E-state index in [9.17, 15) is 18.4 Å². The molecule has 2 rings (SSSR count). The second kappa shape index (κ2) is 7.58. The van der Waals surface area contributed by atoms with Crippen LogP contribution in [0.5, 0.6) is 0 Å². The Morgan fingerprint density at radius 1 is 1.36 bits per heavy atom. The molecule has 1 fully saturated rings. The second-order valence-corrected chi connectivity index (χ2v) is 6.20. The largest absolute Gasteiger partial charge is 0.342 e. The highest BCUT2D eigenvalue weighted by Gasteiger charge is 2.27. The van der Waals surface area contributed by atoms with Gasteiger partial charge in [0, 0.05) is 24.9 Å². The molecule has 0 spiro atoms. The Bertz CT molecular complexity index is 554. The molecule has 0 radical (unpaired) electrons. The Hall–Kier alpha value is -1.63.